The van der Waals surface area contributed by atoms with Crippen LogP contribution in [0, 0.1) is 0 Å². The van der Waals surface area contributed by atoms with Crippen molar-refractivity contribution < 1.29 is 4.74 Å². The summed E-state index contributed by atoms with van der Waals surface area (Å²) in [4.78, 5) is 3.81. The first-order valence-electron chi connectivity index (χ1n) is 4.06. The van der Waals surface area contributed by atoms with Gasteiger partial charge in [0.1, 0.15) is 5.75 Å². The molecule has 0 N–H and O–H groups in total. The standard InChI is InChI=1S/C10H13NO/c1-3-7-12-10-6-4-5-9(8-10)11-2/h4-6,8H,2-3,7H2,1H3. The van der Waals surface area contributed by atoms with Crippen molar-refractivity contribution in [3.8, 4) is 5.75 Å². The van der Waals surface area contributed by atoms with Gasteiger partial charge in [-0.1, -0.05) is 13.0 Å². The predicted molar refractivity (Wildman–Crippen MR) is 51.4 cm³/mol. The number of aliphatic imine (C=N–C) groups is 1. The van der Waals surface area contributed by atoms with E-state index in [0.29, 0.717) is 0 Å². The largest absolute Gasteiger partial charge is 0.494 e. The second kappa shape index (κ2) is 4.54. The summed E-state index contributed by atoms with van der Waals surface area (Å²) in [5, 5.41) is 0. The molecule has 0 bridgehead atoms. The van der Waals surface area contributed by atoms with E-state index in [1.807, 2.05) is 24.3 Å². The highest BCUT2D eigenvalue weighted by molar-refractivity contribution is 5.48. The van der Waals surface area contributed by atoms with Crippen LogP contribution in [0.15, 0.2) is 29.3 Å². The molecule has 0 amide bonds. The molecule has 1 aromatic carbocycles. The third-order valence-electron chi connectivity index (χ3n) is 1.47. The Morgan fingerprint density at radius 2 is 2.33 bits per heavy atom. The van der Waals surface area contributed by atoms with Crippen LogP contribution in [0.4, 0.5) is 5.69 Å². The SMILES string of the molecule is C=Nc1cccc(OCCC)c1. The van der Waals surface area contributed by atoms with E-state index in [9.17, 15) is 0 Å². The third kappa shape index (κ3) is 2.38. The molecule has 0 saturated carbocycles. The minimum Gasteiger partial charge on any atom is -0.494 e. The average molecular weight is 163 g/mol. The van der Waals surface area contributed by atoms with E-state index in [-0.39, 0.29) is 0 Å². The van der Waals surface area contributed by atoms with Gasteiger partial charge in [-0.2, -0.15) is 0 Å². The van der Waals surface area contributed by atoms with Crippen LogP contribution in [0.5, 0.6) is 5.75 Å². The maximum atomic E-state index is 5.41. The molecule has 12 heavy (non-hydrogen) atoms. The fraction of sp³-hybridized carbons (Fsp3) is 0.300. The van der Waals surface area contributed by atoms with E-state index in [1.54, 1.807) is 0 Å². The zero-order valence-corrected chi connectivity index (χ0v) is 7.29. The van der Waals surface area contributed by atoms with Crippen LogP contribution in [0.2, 0.25) is 0 Å². The van der Waals surface area contributed by atoms with Gasteiger partial charge in [0.25, 0.3) is 0 Å². The average Bonchev–Trinajstić information content (AvgIpc) is 2.15. The van der Waals surface area contributed by atoms with Crippen molar-refractivity contribution in [2.75, 3.05) is 6.61 Å². The fourth-order valence-electron chi connectivity index (χ4n) is 0.892. The minimum atomic E-state index is 0.751. The number of nitrogens with zero attached hydrogens (tertiary/aromatic N) is 1. The van der Waals surface area contributed by atoms with Crippen molar-refractivity contribution in [3.63, 3.8) is 0 Å². The zero-order chi connectivity index (χ0) is 8.81. The molecule has 0 aliphatic heterocycles. The Morgan fingerprint density at radius 1 is 1.50 bits per heavy atom. The van der Waals surface area contributed by atoms with Crippen LogP contribution < -0.4 is 4.74 Å². The van der Waals surface area contributed by atoms with Gasteiger partial charge in [0.2, 0.25) is 0 Å². The molecular weight excluding hydrogens is 150 g/mol. The number of ether oxygens (including phenoxy) is 1. The highest BCUT2D eigenvalue weighted by atomic mass is 16.5. The van der Waals surface area contributed by atoms with E-state index in [2.05, 4.69) is 18.6 Å². The van der Waals surface area contributed by atoms with Crippen LogP contribution in [0.25, 0.3) is 0 Å². The molecule has 0 aromatic heterocycles. The van der Waals surface area contributed by atoms with Gasteiger partial charge in [-0.05, 0) is 25.3 Å². The van der Waals surface area contributed by atoms with Crippen molar-refractivity contribution in [2.45, 2.75) is 13.3 Å². The Morgan fingerprint density at radius 3 is 3.00 bits per heavy atom. The van der Waals surface area contributed by atoms with Crippen LogP contribution in [0.3, 0.4) is 0 Å². The summed E-state index contributed by atoms with van der Waals surface area (Å²) in [7, 11) is 0. The van der Waals surface area contributed by atoms with Gasteiger partial charge < -0.3 is 4.74 Å². The van der Waals surface area contributed by atoms with Gasteiger partial charge in [-0.3, -0.25) is 4.99 Å². The maximum Gasteiger partial charge on any atom is 0.121 e. The molecule has 2 nitrogen and oxygen atoms in total. The lowest BCUT2D eigenvalue weighted by Crippen LogP contribution is -1.93. The highest BCUT2D eigenvalue weighted by Crippen LogP contribution is 2.18. The van der Waals surface area contributed by atoms with Crippen LogP contribution in [-0.4, -0.2) is 13.3 Å². The van der Waals surface area contributed by atoms with E-state index < -0.39 is 0 Å². The van der Waals surface area contributed by atoms with Gasteiger partial charge in [-0.25, -0.2) is 0 Å². The normalized spacial score (nSPS) is 9.42. The quantitative estimate of drug-likeness (QED) is 0.625. The number of benzene rings is 1. The lowest BCUT2D eigenvalue weighted by molar-refractivity contribution is 0.317. The summed E-state index contributed by atoms with van der Waals surface area (Å²) in [5.41, 5.74) is 0.851. The van der Waals surface area contributed by atoms with E-state index >= 15 is 0 Å². The first kappa shape index (κ1) is 8.78. The minimum absolute atomic E-state index is 0.751. The van der Waals surface area contributed by atoms with E-state index in [0.717, 1.165) is 24.5 Å². The number of hydrogen-bond acceptors (Lipinski definition) is 2. The van der Waals surface area contributed by atoms with Crippen molar-refractivity contribution >= 4 is 12.4 Å². The summed E-state index contributed by atoms with van der Waals surface area (Å²) in [6, 6.07) is 7.60. The number of rotatable bonds is 4. The second-order valence-electron chi connectivity index (χ2n) is 2.50. The second-order valence-corrected chi connectivity index (χ2v) is 2.50. The molecule has 0 atom stereocenters. The first-order valence-corrected chi connectivity index (χ1v) is 4.06. The lowest BCUT2D eigenvalue weighted by Gasteiger charge is -2.03. The molecule has 0 fully saturated rings. The van der Waals surface area contributed by atoms with E-state index in [4.69, 9.17) is 4.74 Å². The molecule has 0 saturated heterocycles. The smallest absolute Gasteiger partial charge is 0.121 e. The van der Waals surface area contributed by atoms with Crippen molar-refractivity contribution in [3.05, 3.63) is 24.3 Å². The molecule has 1 rings (SSSR count). The Labute approximate surface area is 72.9 Å². The molecule has 0 radical (unpaired) electrons. The van der Waals surface area contributed by atoms with Crippen molar-refractivity contribution in [1.82, 2.24) is 0 Å². The molecule has 0 unspecified atom stereocenters. The summed E-state index contributed by atoms with van der Waals surface area (Å²) in [6.07, 6.45) is 1.02. The van der Waals surface area contributed by atoms with Crippen molar-refractivity contribution in [2.24, 2.45) is 4.99 Å². The summed E-state index contributed by atoms with van der Waals surface area (Å²) >= 11 is 0. The predicted octanol–water partition coefficient (Wildman–Crippen LogP) is 2.81. The maximum absolute atomic E-state index is 5.41. The van der Waals surface area contributed by atoms with Gasteiger partial charge in [-0.15, -0.1) is 0 Å². The summed E-state index contributed by atoms with van der Waals surface area (Å²) < 4.78 is 5.41. The van der Waals surface area contributed by atoms with E-state index in [1.165, 1.54) is 0 Å². The first-order chi connectivity index (χ1) is 5.86. The summed E-state index contributed by atoms with van der Waals surface area (Å²) in [6.45, 7) is 6.28. The van der Waals surface area contributed by atoms with Crippen molar-refractivity contribution in [1.29, 1.82) is 0 Å². The Bertz CT molecular complexity index is 258. The third-order valence-corrected chi connectivity index (χ3v) is 1.47. The monoisotopic (exact) mass is 163 g/mol. The van der Waals surface area contributed by atoms with Crippen LogP contribution in [0.1, 0.15) is 13.3 Å². The highest BCUT2D eigenvalue weighted by Gasteiger charge is 1.92. The zero-order valence-electron chi connectivity index (χ0n) is 7.29. The Hall–Kier alpha value is -1.31. The van der Waals surface area contributed by atoms with Gasteiger partial charge in [0, 0.05) is 6.07 Å². The molecule has 2 heteroatoms. The molecule has 1 aromatic rings. The Balaban J connectivity index is 2.66. The van der Waals surface area contributed by atoms with Crippen LogP contribution >= 0.6 is 0 Å². The molecule has 0 spiro atoms. The molecular formula is C10H13NO. The van der Waals surface area contributed by atoms with Crippen LogP contribution in [-0.2, 0) is 0 Å². The molecule has 0 heterocycles. The lowest BCUT2D eigenvalue weighted by atomic mass is 10.3. The topological polar surface area (TPSA) is 21.6 Å². The summed E-state index contributed by atoms with van der Waals surface area (Å²) in [5.74, 6) is 0.863. The van der Waals surface area contributed by atoms with Gasteiger partial charge in [0.05, 0.1) is 12.3 Å². The van der Waals surface area contributed by atoms with Gasteiger partial charge in [0.15, 0.2) is 0 Å². The van der Waals surface area contributed by atoms with Gasteiger partial charge >= 0.3 is 0 Å². The molecule has 0 aliphatic carbocycles. The fourth-order valence-corrected chi connectivity index (χ4v) is 0.892. The number of hydrogen-bond donors (Lipinski definition) is 0. The molecule has 0 aliphatic rings. The molecule has 64 valence electrons. The Kier molecular flexibility index (Phi) is 3.33.